The van der Waals surface area contributed by atoms with E-state index in [1.54, 1.807) is 13.1 Å². The standard InChI is InChI=1S/C14H19N3O2S2/c1-3-4-5-7-15-11(18)9-21-14-16-12-10(6-8-20-12)13(19)17(14)2/h6,8H,3-5,7,9H2,1-2H3,(H,15,18). The second kappa shape index (κ2) is 7.61. The fraction of sp³-hybridized carbons (Fsp3) is 0.500. The Morgan fingerprint density at radius 1 is 1.48 bits per heavy atom. The number of aromatic nitrogens is 2. The molecular weight excluding hydrogens is 306 g/mol. The van der Waals surface area contributed by atoms with Gasteiger partial charge in [0.2, 0.25) is 5.91 Å². The molecule has 0 spiro atoms. The molecule has 2 rings (SSSR count). The van der Waals surface area contributed by atoms with Gasteiger partial charge in [0.25, 0.3) is 5.56 Å². The summed E-state index contributed by atoms with van der Waals surface area (Å²) in [7, 11) is 1.69. The van der Waals surface area contributed by atoms with Crippen LogP contribution in [0.5, 0.6) is 0 Å². The lowest BCUT2D eigenvalue weighted by atomic mass is 10.2. The minimum Gasteiger partial charge on any atom is -0.355 e. The molecule has 0 atom stereocenters. The summed E-state index contributed by atoms with van der Waals surface area (Å²) in [6.07, 6.45) is 3.26. The first kappa shape index (κ1) is 16.0. The van der Waals surface area contributed by atoms with Crippen LogP contribution in [-0.2, 0) is 11.8 Å². The van der Waals surface area contributed by atoms with E-state index in [1.165, 1.54) is 27.7 Å². The van der Waals surface area contributed by atoms with Crippen LogP contribution in [0, 0.1) is 0 Å². The second-order valence-electron chi connectivity index (χ2n) is 4.74. The largest absolute Gasteiger partial charge is 0.355 e. The zero-order chi connectivity index (χ0) is 15.2. The first-order chi connectivity index (χ1) is 10.1. The van der Waals surface area contributed by atoms with Gasteiger partial charge in [0, 0.05) is 13.6 Å². The van der Waals surface area contributed by atoms with Crippen molar-refractivity contribution in [2.24, 2.45) is 7.05 Å². The molecule has 2 aromatic rings. The van der Waals surface area contributed by atoms with Crippen LogP contribution in [0.4, 0.5) is 0 Å². The lowest BCUT2D eigenvalue weighted by Crippen LogP contribution is -2.27. The van der Waals surface area contributed by atoms with Crippen molar-refractivity contribution in [3.8, 4) is 0 Å². The van der Waals surface area contributed by atoms with Crippen LogP contribution in [0.25, 0.3) is 10.2 Å². The van der Waals surface area contributed by atoms with Gasteiger partial charge in [0.15, 0.2) is 5.16 Å². The van der Waals surface area contributed by atoms with Crippen LogP contribution >= 0.6 is 23.1 Å². The van der Waals surface area contributed by atoms with Crippen LogP contribution < -0.4 is 10.9 Å². The number of hydrogen-bond donors (Lipinski definition) is 1. The number of amides is 1. The van der Waals surface area contributed by atoms with E-state index < -0.39 is 0 Å². The fourth-order valence-electron chi connectivity index (χ4n) is 1.89. The number of unbranched alkanes of at least 4 members (excludes halogenated alkanes) is 2. The Labute approximate surface area is 131 Å². The smallest absolute Gasteiger partial charge is 0.262 e. The predicted molar refractivity (Wildman–Crippen MR) is 88.1 cm³/mol. The van der Waals surface area contributed by atoms with Gasteiger partial charge in [0.1, 0.15) is 4.83 Å². The number of nitrogens with one attached hydrogen (secondary N) is 1. The molecule has 7 heteroatoms. The minimum atomic E-state index is -0.0629. The Bertz CT molecular complexity index is 678. The van der Waals surface area contributed by atoms with Crippen molar-refractivity contribution in [2.45, 2.75) is 31.3 Å². The molecule has 21 heavy (non-hydrogen) atoms. The molecule has 0 fully saturated rings. The maximum atomic E-state index is 12.1. The Morgan fingerprint density at radius 2 is 2.29 bits per heavy atom. The highest BCUT2D eigenvalue weighted by molar-refractivity contribution is 7.99. The molecule has 0 aliphatic rings. The molecule has 0 aliphatic carbocycles. The number of rotatable bonds is 7. The summed E-state index contributed by atoms with van der Waals surface area (Å²) < 4.78 is 1.50. The fourth-order valence-corrected chi connectivity index (χ4v) is 3.50. The Morgan fingerprint density at radius 3 is 3.05 bits per heavy atom. The van der Waals surface area contributed by atoms with Crippen molar-refractivity contribution in [3.05, 3.63) is 21.8 Å². The van der Waals surface area contributed by atoms with Gasteiger partial charge in [-0.1, -0.05) is 31.5 Å². The molecule has 5 nitrogen and oxygen atoms in total. The lowest BCUT2D eigenvalue weighted by Gasteiger charge is -2.07. The molecule has 1 amide bonds. The van der Waals surface area contributed by atoms with Gasteiger partial charge < -0.3 is 5.32 Å². The zero-order valence-electron chi connectivity index (χ0n) is 12.2. The van der Waals surface area contributed by atoms with E-state index in [9.17, 15) is 9.59 Å². The van der Waals surface area contributed by atoms with Crippen LogP contribution in [0.15, 0.2) is 21.4 Å². The predicted octanol–water partition coefficient (Wildman–Crippen LogP) is 2.39. The highest BCUT2D eigenvalue weighted by Gasteiger charge is 2.11. The summed E-state index contributed by atoms with van der Waals surface area (Å²) in [5.41, 5.74) is -0.0629. The third kappa shape index (κ3) is 4.07. The zero-order valence-corrected chi connectivity index (χ0v) is 13.9. The summed E-state index contributed by atoms with van der Waals surface area (Å²) in [6.45, 7) is 2.84. The average Bonchev–Trinajstić information content (AvgIpc) is 2.94. The number of hydrogen-bond acceptors (Lipinski definition) is 5. The van der Waals surface area contributed by atoms with Crippen molar-refractivity contribution >= 4 is 39.2 Å². The molecule has 2 aromatic heterocycles. The number of nitrogens with zero attached hydrogens (tertiary/aromatic N) is 2. The molecule has 1 N–H and O–H groups in total. The van der Waals surface area contributed by atoms with Gasteiger partial charge in [-0.15, -0.1) is 11.3 Å². The Balaban J connectivity index is 1.95. The van der Waals surface area contributed by atoms with Crippen molar-refractivity contribution in [3.63, 3.8) is 0 Å². The van der Waals surface area contributed by atoms with E-state index in [1.807, 2.05) is 5.38 Å². The normalized spacial score (nSPS) is 11.0. The van der Waals surface area contributed by atoms with E-state index in [4.69, 9.17) is 0 Å². The van der Waals surface area contributed by atoms with E-state index >= 15 is 0 Å². The first-order valence-corrected chi connectivity index (χ1v) is 8.83. The Kier molecular flexibility index (Phi) is 5.81. The highest BCUT2D eigenvalue weighted by Crippen LogP contribution is 2.20. The van der Waals surface area contributed by atoms with Crippen molar-refractivity contribution in [1.29, 1.82) is 0 Å². The SMILES string of the molecule is CCCCCNC(=O)CSc1nc2sccc2c(=O)n1C. The van der Waals surface area contributed by atoms with Crippen molar-refractivity contribution in [1.82, 2.24) is 14.9 Å². The van der Waals surface area contributed by atoms with Gasteiger partial charge in [-0.3, -0.25) is 14.2 Å². The highest BCUT2D eigenvalue weighted by atomic mass is 32.2. The van der Waals surface area contributed by atoms with E-state index in [2.05, 4.69) is 17.2 Å². The van der Waals surface area contributed by atoms with Gasteiger partial charge in [0.05, 0.1) is 11.1 Å². The molecule has 0 saturated carbocycles. The molecule has 0 radical (unpaired) electrons. The van der Waals surface area contributed by atoms with Crippen LogP contribution in [-0.4, -0.2) is 27.8 Å². The third-order valence-electron chi connectivity index (χ3n) is 3.10. The first-order valence-electron chi connectivity index (χ1n) is 6.97. The molecule has 0 unspecified atom stereocenters. The van der Waals surface area contributed by atoms with Crippen LogP contribution in [0.3, 0.4) is 0 Å². The van der Waals surface area contributed by atoms with Gasteiger partial charge in [-0.25, -0.2) is 4.98 Å². The van der Waals surface area contributed by atoms with Gasteiger partial charge in [-0.2, -0.15) is 0 Å². The Hall–Kier alpha value is -1.34. The number of carbonyl (C=O) groups excluding carboxylic acids is 1. The van der Waals surface area contributed by atoms with Crippen molar-refractivity contribution < 1.29 is 4.79 Å². The molecular formula is C14H19N3O2S2. The molecule has 0 bridgehead atoms. The number of thioether (sulfide) groups is 1. The maximum absolute atomic E-state index is 12.1. The van der Waals surface area contributed by atoms with Gasteiger partial charge in [-0.05, 0) is 17.9 Å². The van der Waals surface area contributed by atoms with E-state index in [0.717, 1.165) is 24.1 Å². The lowest BCUT2D eigenvalue weighted by molar-refractivity contribution is -0.118. The summed E-state index contributed by atoms with van der Waals surface area (Å²) in [5.74, 6) is 0.264. The number of thiophene rings is 1. The average molecular weight is 325 g/mol. The number of carbonyl (C=O) groups is 1. The van der Waals surface area contributed by atoms with E-state index in [-0.39, 0.29) is 17.2 Å². The molecule has 114 valence electrons. The van der Waals surface area contributed by atoms with Gasteiger partial charge >= 0.3 is 0 Å². The summed E-state index contributed by atoms with van der Waals surface area (Å²) in [4.78, 5) is 29.0. The third-order valence-corrected chi connectivity index (χ3v) is 4.94. The van der Waals surface area contributed by atoms with Crippen LogP contribution in [0.2, 0.25) is 0 Å². The van der Waals surface area contributed by atoms with Crippen molar-refractivity contribution in [2.75, 3.05) is 12.3 Å². The monoisotopic (exact) mass is 325 g/mol. The van der Waals surface area contributed by atoms with E-state index in [0.29, 0.717) is 17.1 Å². The topological polar surface area (TPSA) is 64.0 Å². The minimum absolute atomic E-state index is 0.0170. The quantitative estimate of drug-likeness (QED) is 0.482. The maximum Gasteiger partial charge on any atom is 0.262 e. The molecule has 0 aromatic carbocycles. The molecule has 0 aliphatic heterocycles. The summed E-state index contributed by atoms with van der Waals surface area (Å²) in [6, 6.07) is 1.78. The summed E-state index contributed by atoms with van der Waals surface area (Å²) in [5, 5.41) is 5.95. The van der Waals surface area contributed by atoms with Crippen LogP contribution in [0.1, 0.15) is 26.2 Å². The second-order valence-corrected chi connectivity index (χ2v) is 6.58. The summed E-state index contributed by atoms with van der Waals surface area (Å²) >= 11 is 2.74. The molecule has 2 heterocycles. The number of fused-ring (bicyclic) bond motifs is 1. The molecule has 0 saturated heterocycles.